The van der Waals surface area contributed by atoms with Gasteiger partial charge in [0.05, 0.1) is 47.9 Å². The Labute approximate surface area is 180 Å². The van der Waals surface area contributed by atoms with Gasteiger partial charge in [-0.15, -0.1) is 0 Å². The number of allylic oxidation sites excluding steroid dienone is 1. The highest BCUT2D eigenvalue weighted by Crippen LogP contribution is 2.30. The van der Waals surface area contributed by atoms with Gasteiger partial charge >= 0.3 is 11.9 Å². The highest BCUT2D eigenvalue weighted by atomic mass is 32.1. The van der Waals surface area contributed by atoms with Crippen molar-refractivity contribution >= 4 is 29.4 Å². The summed E-state index contributed by atoms with van der Waals surface area (Å²) in [6.45, 7) is 1.70. The number of ether oxygens (including phenoxy) is 2. The first-order valence-corrected chi connectivity index (χ1v) is 10.1. The fraction of sp³-hybridized carbons (Fsp3) is 0.182. The molecule has 0 saturated heterocycles. The number of carbonyl (C=O) groups is 2. The molecule has 0 radical (unpaired) electrons. The molecular weight excluding hydrogens is 420 g/mol. The minimum atomic E-state index is -0.755. The average Bonchev–Trinajstić information content (AvgIpc) is 3.40. The van der Waals surface area contributed by atoms with Crippen molar-refractivity contribution in [3.05, 3.63) is 90.5 Å². The number of rotatable bonds is 4. The van der Waals surface area contributed by atoms with Crippen LogP contribution in [0.3, 0.4) is 0 Å². The molecule has 1 unspecified atom stereocenters. The normalized spacial score (nSPS) is 16.0. The van der Waals surface area contributed by atoms with Gasteiger partial charge < -0.3 is 13.9 Å². The number of hydrogen-bond acceptors (Lipinski definition) is 8. The molecule has 1 atom stereocenters. The summed E-state index contributed by atoms with van der Waals surface area (Å²) in [5.41, 5.74) is 1.39. The summed E-state index contributed by atoms with van der Waals surface area (Å²) in [5.74, 6) is -0.523. The molecule has 8 nitrogen and oxygen atoms in total. The molecule has 1 aliphatic heterocycles. The van der Waals surface area contributed by atoms with Gasteiger partial charge in [0, 0.05) is 6.08 Å². The topological polar surface area (TPSA) is 100 Å². The highest BCUT2D eigenvalue weighted by molar-refractivity contribution is 7.07. The van der Waals surface area contributed by atoms with E-state index in [0.29, 0.717) is 31.9 Å². The predicted molar refractivity (Wildman–Crippen MR) is 112 cm³/mol. The van der Waals surface area contributed by atoms with E-state index in [9.17, 15) is 14.4 Å². The summed E-state index contributed by atoms with van der Waals surface area (Å²) in [6, 6.07) is 9.26. The van der Waals surface area contributed by atoms with E-state index in [1.165, 1.54) is 36.4 Å². The van der Waals surface area contributed by atoms with Gasteiger partial charge in [-0.2, -0.15) is 0 Å². The standard InChI is InChI=1S/C22H18N2O6S/c1-12-17(21(27)29-3)18(13-6-8-14(9-7-13)20(26)28-2)24-19(25)16(31-22(24)23-12)11-15-5-4-10-30-15/h4-11,18H,1-3H3/b16-11+. The van der Waals surface area contributed by atoms with E-state index in [2.05, 4.69) is 4.99 Å². The third-order valence-corrected chi connectivity index (χ3v) is 5.87. The molecule has 3 aromatic rings. The smallest absolute Gasteiger partial charge is 0.338 e. The number of furan rings is 1. The zero-order chi connectivity index (χ0) is 22.1. The number of carbonyl (C=O) groups excluding carboxylic acids is 2. The van der Waals surface area contributed by atoms with Gasteiger partial charge in [-0.05, 0) is 36.8 Å². The van der Waals surface area contributed by atoms with Crippen molar-refractivity contribution in [1.82, 2.24) is 4.57 Å². The van der Waals surface area contributed by atoms with Crippen LogP contribution in [-0.4, -0.2) is 30.7 Å². The lowest BCUT2D eigenvalue weighted by atomic mass is 9.95. The van der Waals surface area contributed by atoms with Crippen LogP contribution in [0.15, 0.2) is 68.1 Å². The van der Waals surface area contributed by atoms with Crippen molar-refractivity contribution in [2.45, 2.75) is 13.0 Å². The molecule has 0 fully saturated rings. The molecule has 1 aromatic carbocycles. The number of esters is 2. The van der Waals surface area contributed by atoms with Crippen LogP contribution in [0.4, 0.5) is 0 Å². The summed E-state index contributed by atoms with van der Waals surface area (Å²) in [5, 5.41) is 0. The van der Waals surface area contributed by atoms with Crippen molar-refractivity contribution in [3.8, 4) is 0 Å². The Kier molecular flexibility index (Phi) is 5.43. The van der Waals surface area contributed by atoms with Crippen LogP contribution in [0.1, 0.15) is 34.6 Å². The minimum absolute atomic E-state index is 0.255. The largest absolute Gasteiger partial charge is 0.466 e. The molecule has 1 aliphatic rings. The second kappa shape index (κ2) is 8.19. The quantitative estimate of drug-likeness (QED) is 0.576. The molecule has 2 aromatic heterocycles. The second-order valence-corrected chi connectivity index (χ2v) is 7.71. The number of nitrogens with zero attached hydrogens (tertiary/aromatic N) is 2. The molecule has 31 heavy (non-hydrogen) atoms. The van der Waals surface area contributed by atoms with E-state index in [1.807, 2.05) is 0 Å². The predicted octanol–water partition coefficient (Wildman–Crippen LogP) is 1.79. The van der Waals surface area contributed by atoms with Crippen molar-refractivity contribution in [3.63, 3.8) is 0 Å². The maximum Gasteiger partial charge on any atom is 0.338 e. The fourth-order valence-electron chi connectivity index (χ4n) is 3.43. The lowest BCUT2D eigenvalue weighted by Gasteiger charge is -2.24. The van der Waals surface area contributed by atoms with Crippen LogP contribution < -0.4 is 14.9 Å². The Bertz CT molecular complexity index is 1360. The Balaban J connectivity index is 1.94. The number of methoxy groups -OCH3 is 2. The third-order valence-electron chi connectivity index (χ3n) is 4.89. The molecule has 9 heteroatoms. The number of fused-ring (bicyclic) bond motifs is 1. The minimum Gasteiger partial charge on any atom is -0.466 e. The lowest BCUT2D eigenvalue weighted by molar-refractivity contribution is -0.136. The van der Waals surface area contributed by atoms with E-state index in [1.54, 1.807) is 49.4 Å². The zero-order valence-corrected chi connectivity index (χ0v) is 17.8. The first kappa shape index (κ1) is 20.5. The van der Waals surface area contributed by atoms with E-state index < -0.39 is 18.0 Å². The average molecular weight is 438 g/mol. The Morgan fingerprint density at radius 3 is 2.45 bits per heavy atom. The summed E-state index contributed by atoms with van der Waals surface area (Å²) < 4.78 is 16.9. The lowest BCUT2D eigenvalue weighted by Crippen LogP contribution is -2.39. The van der Waals surface area contributed by atoms with Crippen LogP contribution >= 0.6 is 11.3 Å². The molecule has 0 saturated carbocycles. The van der Waals surface area contributed by atoms with Crippen molar-refractivity contribution < 1.29 is 23.5 Å². The van der Waals surface area contributed by atoms with Crippen molar-refractivity contribution in [1.29, 1.82) is 0 Å². The van der Waals surface area contributed by atoms with Gasteiger partial charge in [0.15, 0.2) is 4.80 Å². The molecule has 0 bridgehead atoms. The number of aromatic nitrogens is 1. The SMILES string of the molecule is COC(=O)C1=C(C)N=c2s/c(=C/c3ccco3)c(=O)n2C1c1ccc(C(=O)OC)cc1. The molecule has 0 amide bonds. The molecular formula is C22H18N2O6S. The van der Waals surface area contributed by atoms with E-state index in [0.717, 1.165) is 0 Å². The Morgan fingerprint density at radius 2 is 1.84 bits per heavy atom. The van der Waals surface area contributed by atoms with Crippen molar-refractivity contribution in [2.24, 2.45) is 4.99 Å². The van der Waals surface area contributed by atoms with E-state index in [4.69, 9.17) is 13.9 Å². The first-order valence-electron chi connectivity index (χ1n) is 9.27. The highest BCUT2D eigenvalue weighted by Gasteiger charge is 2.33. The van der Waals surface area contributed by atoms with Gasteiger partial charge in [-0.1, -0.05) is 23.5 Å². The van der Waals surface area contributed by atoms with Crippen LogP contribution in [0.5, 0.6) is 0 Å². The molecule has 3 heterocycles. The Hall–Kier alpha value is -3.72. The van der Waals surface area contributed by atoms with Gasteiger partial charge in [0.25, 0.3) is 5.56 Å². The second-order valence-electron chi connectivity index (χ2n) is 6.70. The molecule has 0 aliphatic carbocycles. The molecule has 158 valence electrons. The van der Waals surface area contributed by atoms with Crippen LogP contribution in [-0.2, 0) is 14.3 Å². The molecule has 4 rings (SSSR count). The van der Waals surface area contributed by atoms with Gasteiger partial charge in [0.2, 0.25) is 0 Å². The number of thiazole rings is 1. The van der Waals surface area contributed by atoms with Crippen molar-refractivity contribution in [2.75, 3.05) is 14.2 Å². The van der Waals surface area contributed by atoms with E-state index in [-0.39, 0.29) is 11.1 Å². The number of benzene rings is 1. The maximum atomic E-state index is 13.3. The van der Waals surface area contributed by atoms with Crippen LogP contribution in [0.2, 0.25) is 0 Å². The summed E-state index contributed by atoms with van der Waals surface area (Å²) in [6.07, 6.45) is 3.16. The summed E-state index contributed by atoms with van der Waals surface area (Å²) >= 11 is 1.20. The van der Waals surface area contributed by atoms with Gasteiger partial charge in [-0.3, -0.25) is 9.36 Å². The van der Waals surface area contributed by atoms with Gasteiger partial charge in [-0.25, -0.2) is 14.6 Å². The third kappa shape index (κ3) is 3.64. The Morgan fingerprint density at radius 1 is 1.13 bits per heavy atom. The summed E-state index contributed by atoms with van der Waals surface area (Å²) in [7, 11) is 2.58. The fourth-order valence-corrected chi connectivity index (χ4v) is 4.46. The monoisotopic (exact) mass is 438 g/mol. The number of hydrogen-bond donors (Lipinski definition) is 0. The van der Waals surface area contributed by atoms with Crippen LogP contribution in [0, 0.1) is 0 Å². The van der Waals surface area contributed by atoms with Gasteiger partial charge in [0.1, 0.15) is 5.76 Å². The van der Waals surface area contributed by atoms with Crippen LogP contribution in [0.25, 0.3) is 6.08 Å². The maximum absolute atomic E-state index is 13.3. The molecule has 0 spiro atoms. The van der Waals surface area contributed by atoms with E-state index >= 15 is 0 Å². The molecule has 0 N–H and O–H groups in total. The summed E-state index contributed by atoms with van der Waals surface area (Å²) in [4.78, 5) is 42.6. The zero-order valence-electron chi connectivity index (χ0n) is 16.9. The first-order chi connectivity index (χ1) is 14.9.